The summed E-state index contributed by atoms with van der Waals surface area (Å²) in [4.78, 5) is 11.1. The third kappa shape index (κ3) is 7.57. The average molecular weight is 238 g/mol. The van der Waals surface area contributed by atoms with E-state index in [1.54, 1.807) is 0 Å². The second kappa shape index (κ2) is 9.67. The van der Waals surface area contributed by atoms with Crippen LogP contribution in [-0.2, 0) is 4.79 Å². The zero-order valence-electron chi connectivity index (χ0n) is 11.7. The van der Waals surface area contributed by atoms with E-state index < -0.39 is 0 Å². The fourth-order valence-corrected chi connectivity index (χ4v) is 2.88. The first-order valence-electron chi connectivity index (χ1n) is 7.84. The first-order valence-corrected chi connectivity index (χ1v) is 7.84. The molecule has 100 valence electrons. The third-order valence-corrected chi connectivity index (χ3v) is 4.06. The van der Waals surface area contributed by atoms with Crippen molar-refractivity contribution in [2.75, 3.05) is 0 Å². The van der Waals surface area contributed by atoms with Gasteiger partial charge >= 0.3 is 0 Å². The van der Waals surface area contributed by atoms with E-state index in [0.29, 0.717) is 5.78 Å². The van der Waals surface area contributed by atoms with E-state index in [-0.39, 0.29) is 0 Å². The number of hydrogen-bond donors (Lipinski definition) is 0. The predicted octanol–water partition coefficient (Wildman–Crippen LogP) is 5.28. The topological polar surface area (TPSA) is 17.1 Å². The van der Waals surface area contributed by atoms with Crippen molar-refractivity contribution in [2.24, 2.45) is 5.92 Å². The Hall–Kier alpha value is -0.330. The molecule has 1 nitrogen and oxygen atoms in total. The molecule has 1 heteroatoms. The van der Waals surface area contributed by atoms with Crippen LogP contribution in [0.1, 0.15) is 90.4 Å². The van der Waals surface area contributed by atoms with Gasteiger partial charge in [-0.25, -0.2) is 0 Å². The van der Waals surface area contributed by atoms with Gasteiger partial charge in [0.25, 0.3) is 0 Å². The van der Waals surface area contributed by atoms with Gasteiger partial charge in [0.2, 0.25) is 0 Å². The predicted molar refractivity (Wildman–Crippen MR) is 74.2 cm³/mol. The monoisotopic (exact) mass is 238 g/mol. The minimum atomic E-state index is 0.505. The van der Waals surface area contributed by atoms with Gasteiger partial charge in [0.1, 0.15) is 5.78 Å². The number of carbonyl (C=O) groups excluding carboxylic acids is 1. The zero-order chi connectivity index (χ0) is 12.3. The van der Waals surface area contributed by atoms with Crippen LogP contribution in [0.4, 0.5) is 0 Å². The maximum Gasteiger partial charge on any atom is 0.133 e. The first kappa shape index (κ1) is 14.7. The number of hydrogen-bond acceptors (Lipinski definition) is 1. The van der Waals surface area contributed by atoms with Gasteiger partial charge in [-0.1, -0.05) is 71.1 Å². The summed E-state index contributed by atoms with van der Waals surface area (Å²) >= 11 is 0. The molecule has 0 aromatic heterocycles. The lowest BCUT2D eigenvalue weighted by molar-refractivity contribution is -0.117. The molecule has 0 radical (unpaired) electrons. The van der Waals surface area contributed by atoms with Gasteiger partial charge in [-0.05, 0) is 12.3 Å². The lowest BCUT2D eigenvalue weighted by Gasteiger charge is -2.07. The number of rotatable bonds is 10. The van der Waals surface area contributed by atoms with Crippen molar-refractivity contribution >= 4 is 5.78 Å². The Bertz CT molecular complexity index is 198. The van der Waals surface area contributed by atoms with Crippen molar-refractivity contribution in [3.8, 4) is 0 Å². The van der Waals surface area contributed by atoms with Gasteiger partial charge in [-0.2, -0.15) is 0 Å². The highest BCUT2D eigenvalue weighted by molar-refractivity contribution is 5.80. The van der Waals surface area contributed by atoms with E-state index in [0.717, 1.165) is 18.8 Å². The molecule has 0 aromatic carbocycles. The van der Waals surface area contributed by atoms with E-state index in [2.05, 4.69) is 6.92 Å². The molecule has 0 aromatic rings. The van der Waals surface area contributed by atoms with Crippen LogP contribution in [0.15, 0.2) is 0 Å². The standard InChI is InChI=1S/C16H30O/c1-2-3-4-5-6-7-8-9-10-11-15-12-13-16(17)14-15/h15H,2-14H2,1H3. The summed E-state index contributed by atoms with van der Waals surface area (Å²) in [6, 6.07) is 0. The Kier molecular flexibility index (Phi) is 8.38. The summed E-state index contributed by atoms with van der Waals surface area (Å²) in [5.74, 6) is 1.25. The van der Waals surface area contributed by atoms with E-state index in [1.807, 2.05) is 0 Å². The summed E-state index contributed by atoms with van der Waals surface area (Å²) in [7, 11) is 0. The highest BCUT2D eigenvalue weighted by atomic mass is 16.1. The Morgan fingerprint density at radius 1 is 0.941 bits per heavy atom. The Balaban J connectivity index is 1.77. The van der Waals surface area contributed by atoms with Crippen molar-refractivity contribution in [1.82, 2.24) is 0 Å². The van der Waals surface area contributed by atoms with Crippen molar-refractivity contribution in [1.29, 1.82) is 0 Å². The normalized spacial score (nSPS) is 20.1. The van der Waals surface area contributed by atoms with Crippen molar-refractivity contribution in [2.45, 2.75) is 90.4 Å². The maximum absolute atomic E-state index is 11.1. The lowest BCUT2D eigenvalue weighted by atomic mass is 9.99. The van der Waals surface area contributed by atoms with Crippen LogP contribution in [0.25, 0.3) is 0 Å². The summed E-state index contributed by atoms with van der Waals surface area (Å²) in [5, 5.41) is 0. The van der Waals surface area contributed by atoms with Gasteiger partial charge in [0, 0.05) is 12.8 Å². The summed E-state index contributed by atoms with van der Waals surface area (Å²) in [5.41, 5.74) is 0. The van der Waals surface area contributed by atoms with Gasteiger partial charge in [-0.3, -0.25) is 4.79 Å². The fraction of sp³-hybridized carbons (Fsp3) is 0.938. The van der Waals surface area contributed by atoms with Gasteiger partial charge in [0.05, 0.1) is 0 Å². The first-order chi connectivity index (χ1) is 8.33. The molecule has 0 bridgehead atoms. The fourth-order valence-electron chi connectivity index (χ4n) is 2.88. The molecule has 1 rings (SSSR count). The molecule has 1 unspecified atom stereocenters. The smallest absolute Gasteiger partial charge is 0.133 e. The van der Waals surface area contributed by atoms with E-state index in [9.17, 15) is 4.79 Å². The van der Waals surface area contributed by atoms with Crippen molar-refractivity contribution in [3.05, 3.63) is 0 Å². The molecule has 0 amide bonds. The zero-order valence-corrected chi connectivity index (χ0v) is 11.7. The van der Waals surface area contributed by atoms with Crippen LogP contribution < -0.4 is 0 Å². The molecule has 1 fully saturated rings. The quantitative estimate of drug-likeness (QED) is 0.473. The summed E-state index contributed by atoms with van der Waals surface area (Å²) in [6.45, 7) is 2.27. The number of ketones is 1. The minimum absolute atomic E-state index is 0.505. The number of Topliss-reactive ketones (excluding diaryl/α,β-unsaturated/α-hetero) is 1. The van der Waals surface area contributed by atoms with Gasteiger partial charge in [-0.15, -0.1) is 0 Å². The molecule has 1 aliphatic carbocycles. The molecule has 1 aliphatic rings. The molecule has 0 aliphatic heterocycles. The third-order valence-electron chi connectivity index (χ3n) is 4.06. The van der Waals surface area contributed by atoms with Crippen LogP contribution >= 0.6 is 0 Å². The van der Waals surface area contributed by atoms with Gasteiger partial charge < -0.3 is 0 Å². The average Bonchev–Trinajstić information content (AvgIpc) is 2.73. The summed E-state index contributed by atoms with van der Waals surface area (Å²) < 4.78 is 0. The number of carbonyl (C=O) groups is 1. The number of unbranched alkanes of at least 4 members (excludes halogenated alkanes) is 8. The highest BCUT2D eigenvalue weighted by Gasteiger charge is 2.20. The molecule has 0 spiro atoms. The van der Waals surface area contributed by atoms with Crippen molar-refractivity contribution in [3.63, 3.8) is 0 Å². The maximum atomic E-state index is 11.1. The van der Waals surface area contributed by atoms with E-state index >= 15 is 0 Å². The van der Waals surface area contributed by atoms with Crippen LogP contribution in [0.2, 0.25) is 0 Å². The minimum Gasteiger partial charge on any atom is -0.300 e. The lowest BCUT2D eigenvalue weighted by Crippen LogP contribution is -1.95. The second-order valence-electron chi connectivity index (χ2n) is 5.76. The Labute approximate surface area is 107 Å². The largest absolute Gasteiger partial charge is 0.300 e. The Morgan fingerprint density at radius 2 is 1.53 bits per heavy atom. The van der Waals surface area contributed by atoms with Crippen molar-refractivity contribution < 1.29 is 4.79 Å². The Morgan fingerprint density at radius 3 is 2.06 bits per heavy atom. The molecule has 17 heavy (non-hydrogen) atoms. The molecule has 0 N–H and O–H groups in total. The molecular formula is C16H30O. The molecule has 0 saturated heterocycles. The van der Waals surface area contributed by atoms with Crippen LogP contribution in [0.5, 0.6) is 0 Å². The van der Waals surface area contributed by atoms with Crippen LogP contribution in [0.3, 0.4) is 0 Å². The molecule has 0 heterocycles. The molecule has 1 saturated carbocycles. The second-order valence-corrected chi connectivity index (χ2v) is 5.76. The van der Waals surface area contributed by atoms with E-state index in [4.69, 9.17) is 0 Å². The molecule has 1 atom stereocenters. The van der Waals surface area contributed by atoms with Gasteiger partial charge in [0.15, 0.2) is 0 Å². The highest BCUT2D eigenvalue weighted by Crippen LogP contribution is 2.27. The summed E-state index contributed by atoms with van der Waals surface area (Å²) in [6.07, 6.45) is 16.9. The molecular weight excluding hydrogens is 208 g/mol. The van der Waals surface area contributed by atoms with E-state index in [1.165, 1.54) is 70.6 Å². The SMILES string of the molecule is CCCCCCCCCCCC1CCC(=O)C1. The van der Waals surface area contributed by atoms with Crippen LogP contribution in [0, 0.1) is 5.92 Å². The van der Waals surface area contributed by atoms with Crippen LogP contribution in [-0.4, -0.2) is 5.78 Å².